The van der Waals surface area contributed by atoms with Crippen molar-refractivity contribution in [2.24, 2.45) is 0 Å². The summed E-state index contributed by atoms with van der Waals surface area (Å²) in [6.07, 6.45) is 0. The average Bonchev–Trinajstić information content (AvgIpc) is 0.694. The quantitative estimate of drug-likeness (QED) is 0.119. The Labute approximate surface area is 546 Å². The van der Waals surface area contributed by atoms with Gasteiger partial charge in [-0.05, 0) is 136 Å². The van der Waals surface area contributed by atoms with Crippen molar-refractivity contribution in [3.63, 3.8) is 0 Å². The van der Waals surface area contributed by atoms with Gasteiger partial charge in [-0.2, -0.15) is 0 Å². The number of hydrogen-bond acceptors (Lipinski definition) is 6. The van der Waals surface area contributed by atoms with Crippen LogP contribution in [0.4, 0.5) is 68.2 Å². The zero-order valence-corrected chi connectivity index (χ0v) is 51.7. The molecule has 0 N–H and O–H groups in total. The molecule has 430 valence electrons. The predicted octanol–water partition coefficient (Wildman–Crippen LogP) is 19.2. The molecule has 0 saturated carbocycles. The number of nitrogens with zero attached hydrogens (tertiary/aromatic N) is 4. The maximum Gasteiger partial charge on any atom is 0.252 e. The SMILES string of the molecule is c1ccc(-c2ccccc2N(c2ccccc2)c2cc3c4c(c2)N(c2ccccc2-c2ccccc2)c2cc5c(cc2B4c2ccccc2N3c2ccccc2-c2ccccc2)B2c3ccccc3Sc3cc(N(c4ccccc4)c4ccccc4)cc(c32)S5)cc1. The van der Waals surface area contributed by atoms with Crippen LogP contribution in [0.25, 0.3) is 33.4 Å². The Morgan fingerprint density at radius 1 is 0.228 bits per heavy atom. The number of anilines is 12. The van der Waals surface area contributed by atoms with Gasteiger partial charge in [0.15, 0.2) is 0 Å². The molecule has 14 aromatic rings. The summed E-state index contributed by atoms with van der Waals surface area (Å²) in [7, 11) is 0. The molecule has 8 heteroatoms. The van der Waals surface area contributed by atoms with Gasteiger partial charge in [-0.25, -0.2) is 0 Å². The van der Waals surface area contributed by atoms with Crippen molar-refractivity contribution in [3.05, 3.63) is 340 Å². The monoisotopic (exact) mass is 1210 g/mol. The largest absolute Gasteiger partial charge is 0.311 e. The van der Waals surface area contributed by atoms with Gasteiger partial charge in [0.2, 0.25) is 6.71 Å². The number of rotatable bonds is 11. The van der Waals surface area contributed by atoms with Crippen LogP contribution in [-0.2, 0) is 0 Å². The molecule has 0 radical (unpaired) electrons. The van der Waals surface area contributed by atoms with Crippen LogP contribution in [-0.4, -0.2) is 13.4 Å². The summed E-state index contributed by atoms with van der Waals surface area (Å²) in [5, 5.41) is 0. The summed E-state index contributed by atoms with van der Waals surface area (Å²) in [6, 6.07) is 126. The average molecular weight is 1210 g/mol. The topological polar surface area (TPSA) is 13.0 Å². The van der Waals surface area contributed by atoms with Crippen molar-refractivity contribution in [3.8, 4) is 33.4 Å². The van der Waals surface area contributed by atoms with Crippen molar-refractivity contribution in [2.75, 3.05) is 19.6 Å². The first kappa shape index (κ1) is 54.1. The Kier molecular flexibility index (Phi) is 13.3. The Morgan fingerprint density at radius 3 is 1.20 bits per heavy atom. The second kappa shape index (κ2) is 22.5. The van der Waals surface area contributed by atoms with Crippen molar-refractivity contribution < 1.29 is 0 Å². The molecule has 0 atom stereocenters. The maximum atomic E-state index is 2.65. The Bertz CT molecular complexity index is 5110. The first-order chi connectivity index (χ1) is 45.7. The highest BCUT2D eigenvalue weighted by Crippen LogP contribution is 2.53. The molecular formula is C84H56B2N4S2. The summed E-state index contributed by atoms with van der Waals surface area (Å²) in [4.78, 5) is 15.3. The van der Waals surface area contributed by atoms with Gasteiger partial charge in [-0.15, -0.1) is 0 Å². The van der Waals surface area contributed by atoms with Gasteiger partial charge in [0.05, 0.1) is 22.7 Å². The molecule has 4 aliphatic rings. The molecule has 0 aromatic heterocycles. The molecule has 4 heterocycles. The van der Waals surface area contributed by atoms with E-state index in [0.717, 1.165) is 102 Å². The maximum absolute atomic E-state index is 2.65. The fourth-order valence-electron chi connectivity index (χ4n) is 14.8. The Balaban J connectivity index is 0.946. The fourth-order valence-corrected chi connectivity index (χ4v) is 17.3. The third-order valence-electron chi connectivity index (χ3n) is 18.7. The summed E-state index contributed by atoms with van der Waals surface area (Å²) < 4.78 is 0. The van der Waals surface area contributed by atoms with Crippen LogP contribution in [0.3, 0.4) is 0 Å². The highest BCUT2D eigenvalue weighted by Gasteiger charge is 2.47. The normalized spacial score (nSPS) is 12.8. The molecule has 18 rings (SSSR count). The zero-order chi connectivity index (χ0) is 60.6. The molecule has 0 spiro atoms. The Morgan fingerprint density at radius 2 is 0.630 bits per heavy atom. The number of fused-ring (bicyclic) bond motifs is 8. The van der Waals surface area contributed by atoms with E-state index in [1.807, 2.05) is 23.5 Å². The fraction of sp³-hybridized carbons (Fsp3) is 0. The van der Waals surface area contributed by atoms with Gasteiger partial charge >= 0.3 is 0 Å². The molecule has 0 amide bonds. The first-order valence-electron chi connectivity index (χ1n) is 31.5. The zero-order valence-electron chi connectivity index (χ0n) is 50.1. The van der Waals surface area contributed by atoms with E-state index in [1.54, 1.807) is 0 Å². The molecular weight excluding hydrogens is 1150 g/mol. The standard InChI is InChI=1S/C84H56B2N4S2/c1-7-29-57(30-8-1)65-41-19-24-46-72(65)88(62-39-17-6-18-40-62)63-51-77-83-78(52-63)90(74-48-26-21-43-67(74)59-33-11-3-12-34-59)76-56-80-71(55-70(76)85(83)68-44-22-27-49-75(68)89(77)73-47-25-20-42-66(73)58-31-9-2-10-32-58)86-69-45-23-28-50-79(69)91-81-53-64(54-82(92-80)84(81)86)87(60-35-13-4-14-36-60)61-37-15-5-16-38-61/h1-56H. The van der Waals surface area contributed by atoms with E-state index < -0.39 is 0 Å². The third kappa shape index (κ3) is 8.96. The molecule has 0 saturated heterocycles. The van der Waals surface area contributed by atoms with Gasteiger partial charge in [-0.3, -0.25) is 0 Å². The van der Waals surface area contributed by atoms with Crippen LogP contribution in [0.5, 0.6) is 0 Å². The molecule has 14 aromatic carbocycles. The molecule has 92 heavy (non-hydrogen) atoms. The van der Waals surface area contributed by atoms with Crippen molar-refractivity contribution in [1.29, 1.82) is 0 Å². The van der Waals surface area contributed by atoms with Gasteiger partial charge in [0.1, 0.15) is 0 Å². The van der Waals surface area contributed by atoms with Crippen LogP contribution in [0.1, 0.15) is 0 Å². The van der Waals surface area contributed by atoms with E-state index in [-0.39, 0.29) is 13.4 Å². The van der Waals surface area contributed by atoms with E-state index in [1.165, 1.54) is 52.4 Å². The molecule has 0 fully saturated rings. The smallest absolute Gasteiger partial charge is 0.252 e. The summed E-state index contributed by atoms with van der Waals surface area (Å²) >= 11 is 3.84. The van der Waals surface area contributed by atoms with E-state index >= 15 is 0 Å². The minimum atomic E-state index is -0.167. The number of hydrogen-bond donors (Lipinski definition) is 0. The highest BCUT2D eigenvalue weighted by atomic mass is 32.2. The van der Waals surface area contributed by atoms with Crippen LogP contribution in [0, 0.1) is 0 Å². The van der Waals surface area contributed by atoms with Gasteiger partial charge in [0, 0.05) is 81.8 Å². The lowest BCUT2D eigenvalue weighted by Crippen LogP contribution is -2.64. The Hall–Kier alpha value is -10.9. The number of para-hydroxylation sites is 7. The van der Waals surface area contributed by atoms with Crippen LogP contribution >= 0.6 is 23.5 Å². The summed E-state index contributed by atoms with van der Waals surface area (Å²) in [6.45, 7) is -0.181. The van der Waals surface area contributed by atoms with E-state index in [2.05, 4.69) is 359 Å². The second-order valence-corrected chi connectivity index (χ2v) is 26.0. The molecule has 0 aliphatic carbocycles. The molecule has 4 nitrogen and oxygen atoms in total. The van der Waals surface area contributed by atoms with Crippen LogP contribution < -0.4 is 52.4 Å². The minimum absolute atomic E-state index is 0.0135. The van der Waals surface area contributed by atoms with Gasteiger partial charge in [-0.1, -0.05) is 277 Å². The summed E-state index contributed by atoms with van der Waals surface area (Å²) in [5.74, 6) is 0. The van der Waals surface area contributed by atoms with E-state index in [9.17, 15) is 0 Å². The lowest BCUT2D eigenvalue weighted by atomic mass is 9.31. The number of benzene rings is 14. The third-order valence-corrected chi connectivity index (χ3v) is 21.0. The van der Waals surface area contributed by atoms with Crippen LogP contribution in [0.15, 0.2) is 359 Å². The first-order valence-corrected chi connectivity index (χ1v) is 33.2. The van der Waals surface area contributed by atoms with E-state index in [0.29, 0.717) is 0 Å². The second-order valence-electron chi connectivity index (χ2n) is 23.9. The minimum Gasteiger partial charge on any atom is -0.311 e. The predicted molar refractivity (Wildman–Crippen MR) is 392 cm³/mol. The van der Waals surface area contributed by atoms with Gasteiger partial charge in [0.25, 0.3) is 6.71 Å². The molecule has 4 aliphatic heterocycles. The lowest BCUT2D eigenvalue weighted by molar-refractivity contribution is 1.22. The van der Waals surface area contributed by atoms with E-state index in [4.69, 9.17) is 0 Å². The highest BCUT2D eigenvalue weighted by molar-refractivity contribution is 8.01. The lowest BCUT2D eigenvalue weighted by Gasteiger charge is -2.46. The van der Waals surface area contributed by atoms with Crippen LogP contribution in [0.2, 0.25) is 0 Å². The molecule has 0 unspecified atom stereocenters. The van der Waals surface area contributed by atoms with Crippen molar-refractivity contribution in [2.45, 2.75) is 19.6 Å². The summed E-state index contributed by atoms with van der Waals surface area (Å²) in [5.41, 5.74) is 28.1. The van der Waals surface area contributed by atoms with Crippen molar-refractivity contribution >= 4 is 138 Å². The molecule has 0 bridgehead atoms. The van der Waals surface area contributed by atoms with Crippen molar-refractivity contribution in [1.82, 2.24) is 0 Å². The van der Waals surface area contributed by atoms with Gasteiger partial charge < -0.3 is 19.6 Å².